The number of fused-ring (bicyclic) bond motifs is 1. The third kappa shape index (κ3) is 2.13. The van der Waals surface area contributed by atoms with E-state index in [0.717, 1.165) is 16.6 Å². The average molecular weight is 221 g/mol. The van der Waals surface area contributed by atoms with Gasteiger partial charge in [-0.3, -0.25) is 0 Å². The first-order valence-electron chi connectivity index (χ1n) is 5.10. The van der Waals surface area contributed by atoms with Gasteiger partial charge in [0.05, 0.1) is 0 Å². The van der Waals surface area contributed by atoms with Crippen molar-refractivity contribution < 1.29 is 5.11 Å². The van der Waals surface area contributed by atoms with Gasteiger partial charge in [0.25, 0.3) is 0 Å². The maximum Gasteiger partial charge on any atom is 0.124 e. The molecule has 0 aliphatic carbocycles. The molecule has 0 saturated carbocycles. The molecule has 2 aromatic rings. The first kappa shape index (κ1) is 10.5. The second-order valence-corrected chi connectivity index (χ2v) is 4.86. The Labute approximate surface area is 93.6 Å². The summed E-state index contributed by atoms with van der Waals surface area (Å²) < 4.78 is 1.15. The summed E-state index contributed by atoms with van der Waals surface area (Å²) >= 11 is 1.68. The first-order valence-corrected chi connectivity index (χ1v) is 5.98. The summed E-state index contributed by atoms with van der Waals surface area (Å²) in [5, 5.41) is 16.3. The molecular weight excluding hydrogens is 206 g/mol. The Morgan fingerprint density at radius 1 is 1.40 bits per heavy atom. The molecular formula is C12H15NOS. The number of phenolic OH excluding ortho intramolecular Hbond substituents is 1. The molecule has 0 radical (unpaired) electrons. The lowest BCUT2D eigenvalue weighted by atomic mass is 10.1. The molecule has 1 heterocycles. The number of hydrogen-bond acceptors (Lipinski definition) is 3. The van der Waals surface area contributed by atoms with E-state index < -0.39 is 0 Å². The van der Waals surface area contributed by atoms with Gasteiger partial charge in [-0.2, -0.15) is 0 Å². The summed E-state index contributed by atoms with van der Waals surface area (Å²) in [7, 11) is 0. The molecule has 0 saturated heterocycles. The monoisotopic (exact) mass is 221 g/mol. The van der Waals surface area contributed by atoms with E-state index in [9.17, 15) is 5.11 Å². The number of thiophene rings is 1. The van der Waals surface area contributed by atoms with Crippen LogP contribution in [0.4, 0.5) is 0 Å². The van der Waals surface area contributed by atoms with E-state index in [1.807, 2.05) is 12.1 Å². The number of rotatable bonds is 3. The summed E-state index contributed by atoms with van der Waals surface area (Å²) in [4.78, 5) is 0. The van der Waals surface area contributed by atoms with Crippen LogP contribution in [-0.2, 0) is 6.54 Å². The number of aromatic hydroxyl groups is 1. The molecule has 15 heavy (non-hydrogen) atoms. The van der Waals surface area contributed by atoms with E-state index in [1.165, 1.54) is 5.56 Å². The van der Waals surface area contributed by atoms with E-state index in [-0.39, 0.29) is 0 Å². The fourth-order valence-corrected chi connectivity index (χ4v) is 2.56. The lowest BCUT2D eigenvalue weighted by Crippen LogP contribution is -2.21. The SMILES string of the molecule is CC(C)NCc1csc2cccc(O)c12. The van der Waals surface area contributed by atoms with Gasteiger partial charge < -0.3 is 10.4 Å². The minimum Gasteiger partial charge on any atom is -0.507 e. The lowest BCUT2D eigenvalue weighted by molar-refractivity contribution is 0.481. The standard InChI is InChI=1S/C12H15NOS/c1-8(2)13-6-9-7-15-11-5-3-4-10(14)12(9)11/h3-5,7-8,13-14H,6H2,1-2H3. The predicted molar refractivity (Wildman–Crippen MR) is 65.5 cm³/mol. The van der Waals surface area contributed by atoms with Crippen molar-refractivity contribution in [3.63, 3.8) is 0 Å². The minimum absolute atomic E-state index is 0.384. The van der Waals surface area contributed by atoms with Gasteiger partial charge in [0, 0.05) is 22.7 Å². The molecule has 1 aromatic heterocycles. The fraction of sp³-hybridized carbons (Fsp3) is 0.333. The van der Waals surface area contributed by atoms with Gasteiger partial charge in [0.15, 0.2) is 0 Å². The van der Waals surface area contributed by atoms with Crippen LogP contribution in [0.1, 0.15) is 19.4 Å². The highest BCUT2D eigenvalue weighted by molar-refractivity contribution is 7.17. The molecule has 0 amide bonds. The highest BCUT2D eigenvalue weighted by atomic mass is 32.1. The van der Waals surface area contributed by atoms with Crippen LogP contribution >= 0.6 is 11.3 Å². The topological polar surface area (TPSA) is 32.3 Å². The van der Waals surface area contributed by atoms with Crippen LogP contribution in [0.25, 0.3) is 10.1 Å². The maximum atomic E-state index is 9.79. The van der Waals surface area contributed by atoms with E-state index >= 15 is 0 Å². The van der Waals surface area contributed by atoms with E-state index in [0.29, 0.717) is 11.8 Å². The maximum absolute atomic E-state index is 9.79. The largest absolute Gasteiger partial charge is 0.507 e. The van der Waals surface area contributed by atoms with Crippen LogP contribution in [0, 0.1) is 0 Å². The van der Waals surface area contributed by atoms with Gasteiger partial charge >= 0.3 is 0 Å². The molecule has 0 spiro atoms. The van der Waals surface area contributed by atoms with Crippen LogP contribution < -0.4 is 5.32 Å². The van der Waals surface area contributed by atoms with Crippen molar-refractivity contribution in [3.8, 4) is 5.75 Å². The zero-order valence-electron chi connectivity index (χ0n) is 8.95. The molecule has 80 valence electrons. The average Bonchev–Trinajstić information content (AvgIpc) is 2.59. The number of nitrogens with one attached hydrogen (secondary N) is 1. The van der Waals surface area contributed by atoms with Crippen molar-refractivity contribution in [2.45, 2.75) is 26.4 Å². The van der Waals surface area contributed by atoms with Gasteiger partial charge in [-0.1, -0.05) is 19.9 Å². The van der Waals surface area contributed by atoms with Gasteiger partial charge in [-0.05, 0) is 23.1 Å². The van der Waals surface area contributed by atoms with Crippen molar-refractivity contribution in [1.29, 1.82) is 0 Å². The molecule has 0 fully saturated rings. The number of hydrogen-bond donors (Lipinski definition) is 2. The third-order valence-corrected chi connectivity index (χ3v) is 3.35. The summed E-state index contributed by atoms with van der Waals surface area (Å²) in [6.45, 7) is 5.05. The highest BCUT2D eigenvalue weighted by Gasteiger charge is 2.07. The Balaban J connectivity index is 2.35. The van der Waals surface area contributed by atoms with E-state index in [2.05, 4.69) is 24.5 Å². The summed E-state index contributed by atoms with van der Waals surface area (Å²) in [6.07, 6.45) is 0. The Hall–Kier alpha value is -1.06. The molecule has 3 heteroatoms. The quantitative estimate of drug-likeness (QED) is 0.834. The van der Waals surface area contributed by atoms with Gasteiger partial charge in [0.2, 0.25) is 0 Å². The second kappa shape index (κ2) is 4.21. The summed E-state index contributed by atoms with van der Waals surface area (Å²) in [5.41, 5.74) is 1.18. The Morgan fingerprint density at radius 2 is 2.20 bits per heavy atom. The lowest BCUT2D eigenvalue weighted by Gasteiger charge is -2.07. The van der Waals surface area contributed by atoms with Gasteiger partial charge in [-0.25, -0.2) is 0 Å². The van der Waals surface area contributed by atoms with E-state index in [4.69, 9.17) is 0 Å². The molecule has 1 aromatic carbocycles. The van der Waals surface area contributed by atoms with Crippen molar-refractivity contribution in [3.05, 3.63) is 29.1 Å². The van der Waals surface area contributed by atoms with Crippen molar-refractivity contribution in [1.82, 2.24) is 5.32 Å². The predicted octanol–water partition coefficient (Wildman–Crippen LogP) is 3.10. The summed E-state index contributed by atoms with van der Waals surface area (Å²) in [5.74, 6) is 0.384. The van der Waals surface area contributed by atoms with Crippen LogP contribution in [0.2, 0.25) is 0 Å². The van der Waals surface area contributed by atoms with Crippen molar-refractivity contribution >= 4 is 21.4 Å². The normalized spacial score (nSPS) is 11.4. The molecule has 0 unspecified atom stereocenters. The smallest absolute Gasteiger partial charge is 0.124 e. The molecule has 2 N–H and O–H groups in total. The van der Waals surface area contributed by atoms with Crippen LogP contribution in [0.15, 0.2) is 23.6 Å². The van der Waals surface area contributed by atoms with Crippen molar-refractivity contribution in [2.24, 2.45) is 0 Å². The molecule has 0 aliphatic heterocycles. The molecule has 0 aliphatic rings. The van der Waals surface area contributed by atoms with Gasteiger partial charge in [-0.15, -0.1) is 11.3 Å². The molecule has 2 nitrogen and oxygen atoms in total. The zero-order chi connectivity index (χ0) is 10.8. The highest BCUT2D eigenvalue weighted by Crippen LogP contribution is 2.32. The van der Waals surface area contributed by atoms with Crippen LogP contribution in [0.3, 0.4) is 0 Å². The number of benzene rings is 1. The van der Waals surface area contributed by atoms with E-state index in [1.54, 1.807) is 17.4 Å². The summed E-state index contributed by atoms with van der Waals surface area (Å²) in [6, 6.07) is 6.13. The van der Waals surface area contributed by atoms with Crippen LogP contribution in [0.5, 0.6) is 5.75 Å². The molecule has 2 rings (SSSR count). The number of phenols is 1. The first-order chi connectivity index (χ1) is 7.18. The van der Waals surface area contributed by atoms with Gasteiger partial charge in [0.1, 0.15) is 5.75 Å². The Morgan fingerprint density at radius 3 is 2.93 bits per heavy atom. The Bertz CT molecular complexity index is 462. The van der Waals surface area contributed by atoms with Crippen molar-refractivity contribution in [2.75, 3.05) is 0 Å². The zero-order valence-corrected chi connectivity index (χ0v) is 9.77. The minimum atomic E-state index is 0.384. The molecule has 0 atom stereocenters. The van der Waals surface area contributed by atoms with Crippen LogP contribution in [-0.4, -0.2) is 11.1 Å². The second-order valence-electron chi connectivity index (χ2n) is 3.95. The fourth-order valence-electron chi connectivity index (χ4n) is 1.58. The Kier molecular flexibility index (Phi) is 2.93. The third-order valence-electron chi connectivity index (χ3n) is 2.35. The molecule has 0 bridgehead atoms.